The number of rotatable bonds is 6. The van der Waals surface area contributed by atoms with Gasteiger partial charge in [-0.1, -0.05) is 18.5 Å². The molecule has 2 saturated carbocycles. The molecule has 2 fully saturated rings. The minimum Gasteiger partial charge on any atom is -0.393 e. The second-order valence-electron chi connectivity index (χ2n) is 10.5. The molecule has 0 unspecified atom stereocenters. The lowest BCUT2D eigenvalue weighted by molar-refractivity contribution is -0.128. The average Bonchev–Trinajstić information content (AvgIpc) is 3.15. The summed E-state index contributed by atoms with van der Waals surface area (Å²) in [5.41, 5.74) is 5.52. The summed E-state index contributed by atoms with van der Waals surface area (Å²) in [6, 6.07) is 1.55. The van der Waals surface area contributed by atoms with E-state index < -0.39 is 23.2 Å². The Morgan fingerprint density at radius 3 is 2.61 bits per heavy atom. The molecule has 4 rings (SSSR count). The number of nitrogens with zero attached hydrogens (tertiary/aromatic N) is 4. The van der Waals surface area contributed by atoms with Crippen LogP contribution < -0.4 is 16.4 Å². The Bertz CT molecular complexity index is 1220. The van der Waals surface area contributed by atoms with Crippen molar-refractivity contribution in [2.75, 3.05) is 10.6 Å². The number of aliphatic hydroxyl groups is 1. The zero-order valence-electron chi connectivity index (χ0n) is 21.6. The van der Waals surface area contributed by atoms with E-state index in [0.717, 1.165) is 31.4 Å². The normalized spacial score (nSPS) is 26.2. The molecule has 1 aromatic heterocycles. The van der Waals surface area contributed by atoms with Crippen LogP contribution >= 0.6 is 11.6 Å². The van der Waals surface area contributed by atoms with Gasteiger partial charge in [-0.3, -0.25) is 9.36 Å². The third-order valence-corrected chi connectivity index (χ3v) is 7.95. The molecule has 1 heterocycles. The van der Waals surface area contributed by atoms with Crippen LogP contribution in [0.25, 0.3) is 0 Å². The monoisotopic (exact) mass is 549 g/mol. The molecular weight excluding hydrogens is 516 g/mol. The average molecular weight is 550 g/mol. The number of benzene rings is 1. The van der Waals surface area contributed by atoms with E-state index in [1.807, 2.05) is 11.5 Å². The SMILES string of the molecule is C=NC(=N[C@@H]1CCC[C@H](O)C1)Nc1c(C)nc(Nc2c(F)cc(F)cc2Cl)n1C1CCC(C)(C(N)=O)CC1. The number of anilines is 3. The van der Waals surface area contributed by atoms with Crippen molar-refractivity contribution in [1.29, 1.82) is 0 Å². The van der Waals surface area contributed by atoms with Gasteiger partial charge in [-0.15, -0.1) is 0 Å². The predicted octanol–water partition coefficient (Wildman–Crippen LogP) is 5.25. The van der Waals surface area contributed by atoms with Crippen LogP contribution in [0, 0.1) is 24.0 Å². The maximum atomic E-state index is 14.7. The van der Waals surface area contributed by atoms with Gasteiger partial charge < -0.3 is 21.5 Å². The highest BCUT2D eigenvalue weighted by atomic mass is 35.5. The number of aryl methyl sites for hydroxylation is 1. The Balaban J connectivity index is 1.71. The van der Waals surface area contributed by atoms with E-state index in [1.165, 1.54) is 0 Å². The number of guanidine groups is 1. The van der Waals surface area contributed by atoms with Crippen molar-refractivity contribution in [3.63, 3.8) is 0 Å². The van der Waals surface area contributed by atoms with E-state index in [1.54, 1.807) is 6.92 Å². The molecule has 0 bridgehead atoms. The first-order valence-electron chi connectivity index (χ1n) is 12.8. The minimum atomic E-state index is -0.854. The third-order valence-electron chi connectivity index (χ3n) is 7.65. The number of amides is 1. The van der Waals surface area contributed by atoms with Gasteiger partial charge in [0.05, 0.1) is 28.5 Å². The second kappa shape index (κ2) is 11.4. The van der Waals surface area contributed by atoms with Crippen molar-refractivity contribution in [3.05, 3.63) is 34.5 Å². The standard InChI is InChI=1S/C26H34ClF2N7O2/c1-14-22(35-24(31-3)33-16-5-4-6-18(37)13-16)36(17-7-9-26(2,10-8-17)23(30)38)25(32-14)34-21-19(27)11-15(28)12-20(21)29/h11-12,16-18,37H,3-10,13H2,1-2H3,(H2,30,38)(H,32,34)(H,33,35)/t16-,17?,18+,26?/m1/s1. The number of hydrogen-bond donors (Lipinski definition) is 4. The number of aromatic nitrogens is 2. The van der Waals surface area contributed by atoms with Gasteiger partial charge in [0, 0.05) is 17.5 Å². The fraction of sp³-hybridized carbons (Fsp3) is 0.538. The summed E-state index contributed by atoms with van der Waals surface area (Å²) in [5, 5.41) is 16.1. The molecular formula is C26H34ClF2N7O2. The fourth-order valence-electron chi connectivity index (χ4n) is 5.31. The lowest BCUT2D eigenvalue weighted by Gasteiger charge is -2.36. The quantitative estimate of drug-likeness (QED) is 0.289. The van der Waals surface area contributed by atoms with Crippen molar-refractivity contribution in [2.24, 2.45) is 21.1 Å². The van der Waals surface area contributed by atoms with Crippen molar-refractivity contribution < 1.29 is 18.7 Å². The van der Waals surface area contributed by atoms with E-state index in [-0.39, 0.29) is 34.7 Å². The van der Waals surface area contributed by atoms with Crippen LogP contribution in [0.15, 0.2) is 22.1 Å². The van der Waals surface area contributed by atoms with Gasteiger partial charge >= 0.3 is 0 Å². The molecule has 1 amide bonds. The van der Waals surface area contributed by atoms with E-state index in [9.17, 15) is 18.7 Å². The van der Waals surface area contributed by atoms with Crippen molar-refractivity contribution in [1.82, 2.24) is 9.55 Å². The number of imidazole rings is 1. The first-order chi connectivity index (χ1) is 18.0. The number of halogens is 3. The highest BCUT2D eigenvalue weighted by molar-refractivity contribution is 6.33. The Hall–Kier alpha value is -3.05. The molecule has 0 saturated heterocycles. The van der Waals surface area contributed by atoms with Crippen LogP contribution in [-0.2, 0) is 4.79 Å². The lowest BCUT2D eigenvalue weighted by atomic mass is 9.73. The molecule has 0 aliphatic heterocycles. The first kappa shape index (κ1) is 28.0. The highest BCUT2D eigenvalue weighted by Crippen LogP contribution is 2.44. The third kappa shape index (κ3) is 5.99. The second-order valence-corrected chi connectivity index (χ2v) is 10.9. The van der Waals surface area contributed by atoms with Crippen molar-refractivity contribution in [3.8, 4) is 0 Å². The number of carbonyl (C=O) groups is 1. The van der Waals surface area contributed by atoms with Gasteiger partial charge in [0.15, 0.2) is 5.82 Å². The maximum absolute atomic E-state index is 14.7. The van der Waals surface area contributed by atoms with Crippen LogP contribution in [0.4, 0.5) is 26.2 Å². The highest BCUT2D eigenvalue weighted by Gasteiger charge is 2.38. The molecule has 12 heteroatoms. The van der Waals surface area contributed by atoms with Crippen molar-refractivity contribution >= 4 is 47.6 Å². The summed E-state index contributed by atoms with van der Waals surface area (Å²) >= 11 is 6.16. The predicted molar refractivity (Wildman–Crippen MR) is 145 cm³/mol. The van der Waals surface area contributed by atoms with Crippen LogP contribution in [0.2, 0.25) is 5.02 Å². The maximum Gasteiger partial charge on any atom is 0.223 e. The van der Waals surface area contributed by atoms with Gasteiger partial charge in [0.25, 0.3) is 0 Å². The van der Waals surface area contributed by atoms with Crippen LogP contribution in [0.1, 0.15) is 70.0 Å². The van der Waals surface area contributed by atoms with Gasteiger partial charge in [-0.25, -0.2) is 23.7 Å². The fourth-order valence-corrected chi connectivity index (χ4v) is 5.55. The molecule has 2 atom stereocenters. The first-order valence-corrected chi connectivity index (χ1v) is 13.2. The summed E-state index contributed by atoms with van der Waals surface area (Å²) < 4.78 is 30.2. The Labute approximate surface area is 225 Å². The lowest BCUT2D eigenvalue weighted by Crippen LogP contribution is -2.38. The van der Waals surface area contributed by atoms with Crippen molar-refractivity contribution in [2.45, 2.75) is 83.4 Å². The molecule has 9 nitrogen and oxygen atoms in total. The molecule has 0 radical (unpaired) electrons. The van der Waals surface area contributed by atoms with Crippen LogP contribution in [0.5, 0.6) is 0 Å². The zero-order chi connectivity index (χ0) is 27.6. The van der Waals surface area contributed by atoms with E-state index in [0.29, 0.717) is 49.6 Å². The zero-order valence-corrected chi connectivity index (χ0v) is 22.4. The number of carbonyl (C=O) groups excluding carboxylic acids is 1. The topological polar surface area (TPSA) is 130 Å². The van der Waals surface area contributed by atoms with Gasteiger partial charge in [0.2, 0.25) is 17.8 Å². The molecule has 38 heavy (non-hydrogen) atoms. The molecule has 2 aliphatic carbocycles. The molecule has 0 spiro atoms. The molecule has 2 aromatic rings. The Morgan fingerprint density at radius 2 is 2.00 bits per heavy atom. The number of aliphatic hydroxyl groups excluding tert-OH is 1. The minimum absolute atomic E-state index is 0.0981. The molecule has 5 N–H and O–H groups in total. The van der Waals surface area contributed by atoms with E-state index in [2.05, 4.69) is 32.3 Å². The Morgan fingerprint density at radius 1 is 1.29 bits per heavy atom. The number of nitrogens with one attached hydrogen (secondary N) is 2. The largest absolute Gasteiger partial charge is 0.393 e. The summed E-state index contributed by atoms with van der Waals surface area (Å²) in [4.78, 5) is 25.4. The van der Waals surface area contributed by atoms with Gasteiger partial charge in [-0.2, -0.15) is 0 Å². The Kier molecular flexibility index (Phi) is 8.37. The summed E-state index contributed by atoms with van der Waals surface area (Å²) in [5.74, 6) is -0.836. The van der Waals surface area contributed by atoms with Crippen LogP contribution in [-0.4, -0.2) is 45.4 Å². The smallest absolute Gasteiger partial charge is 0.223 e. The molecule has 2 aliphatic rings. The number of primary amides is 1. The number of hydrogen-bond acceptors (Lipinski definition) is 5. The summed E-state index contributed by atoms with van der Waals surface area (Å²) in [6.07, 6.45) is 4.96. The number of nitrogens with two attached hydrogens (primary N) is 1. The number of aliphatic imine (C=N–C) groups is 2. The summed E-state index contributed by atoms with van der Waals surface area (Å²) in [6.45, 7) is 7.30. The molecule has 1 aromatic carbocycles. The van der Waals surface area contributed by atoms with E-state index in [4.69, 9.17) is 17.3 Å². The van der Waals surface area contributed by atoms with Gasteiger partial charge in [0.1, 0.15) is 11.6 Å². The molecule has 206 valence electrons. The van der Waals surface area contributed by atoms with Gasteiger partial charge in [-0.05, 0) is 71.1 Å². The van der Waals surface area contributed by atoms with E-state index >= 15 is 0 Å². The van der Waals surface area contributed by atoms with Crippen LogP contribution in [0.3, 0.4) is 0 Å². The summed E-state index contributed by atoms with van der Waals surface area (Å²) in [7, 11) is 0.